The zero-order chi connectivity index (χ0) is 14.1. The summed E-state index contributed by atoms with van der Waals surface area (Å²) in [5, 5.41) is 0.558. The number of fused-ring (bicyclic) bond motifs is 1. The predicted octanol–water partition coefficient (Wildman–Crippen LogP) is 3.35. The van der Waals surface area contributed by atoms with Crippen molar-refractivity contribution in [3.05, 3.63) is 75.0 Å². The standard InChI is InChI=1S/C15H10BrFN2O/c16-14-10(4-3-6-12(14)17)8-19-9-18-13-7-2-1-5-11(13)15(19)20/h1-7,9H,8H2. The van der Waals surface area contributed by atoms with Crippen molar-refractivity contribution >= 4 is 26.8 Å². The third-order valence-electron chi connectivity index (χ3n) is 3.10. The first-order valence-corrected chi connectivity index (χ1v) is 6.83. The molecule has 0 atom stereocenters. The molecule has 0 saturated heterocycles. The summed E-state index contributed by atoms with van der Waals surface area (Å²) in [6, 6.07) is 11.9. The first-order valence-electron chi connectivity index (χ1n) is 6.04. The number of para-hydroxylation sites is 1. The van der Waals surface area contributed by atoms with Gasteiger partial charge in [-0.2, -0.15) is 0 Å². The lowest BCUT2D eigenvalue weighted by atomic mass is 10.2. The highest BCUT2D eigenvalue weighted by molar-refractivity contribution is 9.10. The molecule has 0 amide bonds. The van der Waals surface area contributed by atoms with Gasteiger partial charge >= 0.3 is 0 Å². The molecule has 1 aromatic heterocycles. The molecule has 0 spiro atoms. The number of hydrogen-bond donors (Lipinski definition) is 0. The third-order valence-corrected chi connectivity index (χ3v) is 3.99. The van der Waals surface area contributed by atoms with E-state index in [0.717, 1.165) is 0 Å². The van der Waals surface area contributed by atoms with Gasteiger partial charge in [0.15, 0.2) is 0 Å². The van der Waals surface area contributed by atoms with Crippen molar-refractivity contribution < 1.29 is 4.39 Å². The van der Waals surface area contributed by atoms with Gasteiger partial charge in [0.1, 0.15) is 5.82 Å². The number of rotatable bonds is 2. The molecule has 100 valence electrons. The van der Waals surface area contributed by atoms with E-state index in [4.69, 9.17) is 0 Å². The maximum absolute atomic E-state index is 13.5. The van der Waals surface area contributed by atoms with Crippen LogP contribution in [0.3, 0.4) is 0 Å². The molecule has 5 heteroatoms. The average Bonchev–Trinajstić information content (AvgIpc) is 2.47. The van der Waals surface area contributed by atoms with Crippen LogP contribution in [0.5, 0.6) is 0 Å². The molecule has 20 heavy (non-hydrogen) atoms. The van der Waals surface area contributed by atoms with Crippen molar-refractivity contribution in [1.82, 2.24) is 9.55 Å². The molecule has 0 bridgehead atoms. The lowest BCUT2D eigenvalue weighted by Crippen LogP contribution is -2.21. The fraction of sp³-hybridized carbons (Fsp3) is 0.0667. The fourth-order valence-electron chi connectivity index (χ4n) is 2.07. The van der Waals surface area contributed by atoms with E-state index < -0.39 is 0 Å². The van der Waals surface area contributed by atoms with Gasteiger partial charge in [0.25, 0.3) is 5.56 Å². The van der Waals surface area contributed by atoms with E-state index in [2.05, 4.69) is 20.9 Å². The quantitative estimate of drug-likeness (QED) is 0.721. The second-order valence-corrected chi connectivity index (χ2v) is 5.20. The normalized spacial score (nSPS) is 10.9. The second kappa shape index (κ2) is 5.17. The van der Waals surface area contributed by atoms with Gasteiger partial charge in [-0.05, 0) is 39.7 Å². The van der Waals surface area contributed by atoms with Crippen LogP contribution in [-0.4, -0.2) is 9.55 Å². The number of nitrogens with zero attached hydrogens (tertiary/aromatic N) is 2. The van der Waals surface area contributed by atoms with Gasteiger partial charge in [-0.15, -0.1) is 0 Å². The molecule has 0 unspecified atom stereocenters. The highest BCUT2D eigenvalue weighted by Crippen LogP contribution is 2.21. The number of aromatic nitrogens is 2. The number of benzene rings is 2. The van der Waals surface area contributed by atoms with Crippen LogP contribution in [0, 0.1) is 5.82 Å². The van der Waals surface area contributed by atoms with Crippen LogP contribution in [0.15, 0.2) is 58.1 Å². The van der Waals surface area contributed by atoms with Crippen molar-refractivity contribution in [2.24, 2.45) is 0 Å². The van der Waals surface area contributed by atoms with Crippen LogP contribution in [0.2, 0.25) is 0 Å². The average molecular weight is 333 g/mol. The summed E-state index contributed by atoms with van der Waals surface area (Å²) in [5.41, 5.74) is 1.23. The van der Waals surface area contributed by atoms with Gasteiger partial charge in [-0.1, -0.05) is 24.3 Å². The highest BCUT2D eigenvalue weighted by Gasteiger charge is 2.08. The number of hydrogen-bond acceptors (Lipinski definition) is 2. The van der Waals surface area contributed by atoms with Crippen LogP contribution in [0.25, 0.3) is 10.9 Å². The van der Waals surface area contributed by atoms with E-state index >= 15 is 0 Å². The zero-order valence-corrected chi connectivity index (χ0v) is 12.0. The van der Waals surface area contributed by atoms with Crippen molar-refractivity contribution in [3.8, 4) is 0 Å². The summed E-state index contributed by atoms with van der Waals surface area (Å²) >= 11 is 3.20. The third kappa shape index (κ3) is 2.25. The molecule has 1 heterocycles. The minimum Gasteiger partial charge on any atom is -0.294 e. The van der Waals surface area contributed by atoms with Crippen LogP contribution >= 0.6 is 15.9 Å². The monoisotopic (exact) mass is 332 g/mol. The molecule has 0 aliphatic carbocycles. The Balaban J connectivity index is 2.10. The first kappa shape index (κ1) is 13.0. The van der Waals surface area contributed by atoms with Crippen LogP contribution in [-0.2, 0) is 6.54 Å². The molecule has 3 aromatic rings. The molecule has 0 fully saturated rings. The molecule has 0 N–H and O–H groups in total. The summed E-state index contributed by atoms with van der Waals surface area (Å²) in [7, 11) is 0. The molecule has 3 nitrogen and oxygen atoms in total. The van der Waals surface area contributed by atoms with Crippen molar-refractivity contribution in [3.63, 3.8) is 0 Å². The van der Waals surface area contributed by atoms with Crippen LogP contribution < -0.4 is 5.56 Å². The lowest BCUT2D eigenvalue weighted by molar-refractivity contribution is 0.614. The Hall–Kier alpha value is -2.01. The maximum atomic E-state index is 13.5. The topological polar surface area (TPSA) is 34.9 Å². The molecule has 0 aliphatic heterocycles. The van der Waals surface area contributed by atoms with E-state index in [1.165, 1.54) is 17.0 Å². The van der Waals surface area contributed by atoms with Crippen LogP contribution in [0.4, 0.5) is 4.39 Å². The van der Waals surface area contributed by atoms with Crippen molar-refractivity contribution in [2.75, 3.05) is 0 Å². The summed E-state index contributed by atoms with van der Waals surface area (Å²) < 4.78 is 15.3. The zero-order valence-electron chi connectivity index (χ0n) is 10.4. The maximum Gasteiger partial charge on any atom is 0.261 e. The number of halogens is 2. The Bertz CT molecular complexity index is 845. The van der Waals surface area contributed by atoms with E-state index in [9.17, 15) is 9.18 Å². The van der Waals surface area contributed by atoms with Crippen molar-refractivity contribution in [2.45, 2.75) is 6.54 Å². The SMILES string of the molecule is O=c1c2ccccc2ncn1Cc1cccc(F)c1Br. The van der Waals surface area contributed by atoms with E-state index in [1.54, 1.807) is 30.3 Å². The smallest absolute Gasteiger partial charge is 0.261 e. The molecule has 0 saturated carbocycles. The van der Waals surface area contributed by atoms with E-state index in [-0.39, 0.29) is 17.9 Å². The van der Waals surface area contributed by atoms with Gasteiger partial charge in [-0.25, -0.2) is 9.37 Å². The predicted molar refractivity (Wildman–Crippen MR) is 79.2 cm³/mol. The molecular weight excluding hydrogens is 323 g/mol. The Morgan fingerprint density at radius 3 is 2.80 bits per heavy atom. The summed E-state index contributed by atoms with van der Waals surface area (Å²) in [6.45, 7) is 0.273. The Morgan fingerprint density at radius 1 is 1.15 bits per heavy atom. The van der Waals surface area contributed by atoms with Gasteiger partial charge in [-0.3, -0.25) is 9.36 Å². The summed E-state index contributed by atoms with van der Waals surface area (Å²) in [5.74, 6) is -0.343. The second-order valence-electron chi connectivity index (χ2n) is 4.41. The molecule has 0 aliphatic rings. The summed E-state index contributed by atoms with van der Waals surface area (Å²) in [6.07, 6.45) is 1.49. The Labute approximate surface area is 122 Å². The van der Waals surface area contributed by atoms with Crippen molar-refractivity contribution in [1.29, 1.82) is 0 Å². The molecular formula is C15H10BrFN2O. The molecule has 0 radical (unpaired) electrons. The largest absolute Gasteiger partial charge is 0.294 e. The highest BCUT2D eigenvalue weighted by atomic mass is 79.9. The molecule has 3 rings (SSSR count). The first-order chi connectivity index (χ1) is 9.66. The minimum atomic E-state index is -0.343. The summed E-state index contributed by atoms with van der Waals surface area (Å²) in [4.78, 5) is 16.6. The fourth-order valence-corrected chi connectivity index (χ4v) is 2.46. The van der Waals surface area contributed by atoms with Gasteiger partial charge < -0.3 is 0 Å². The lowest BCUT2D eigenvalue weighted by Gasteiger charge is -2.08. The van der Waals surface area contributed by atoms with E-state index in [1.807, 2.05) is 6.07 Å². The Morgan fingerprint density at radius 2 is 1.95 bits per heavy atom. The Kier molecular flexibility index (Phi) is 3.36. The van der Waals surface area contributed by atoms with Gasteiger partial charge in [0.05, 0.1) is 28.2 Å². The van der Waals surface area contributed by atoms with E-state index in [0.29, 0.717) is 20.9 Å². The van der Waals surface area contributed by atoms with Gasteiger partial charge in [0, 0.05) is 0 Å². The van der Waals surface area contributed by atoms with Crippen LogP contribution in [0.1, 0.15) is 5.56 Å². The molecule has 2 aromatic carbocycles. The minimum absolute atomic E-state index is 0.133. The van der Waals surface area contributed by atoms with Gasteiger partial charge in [0.2, 0.25) is 0 Å².